The highest BCUT2D eigenvalue weighted by Crippen LogP contribution is 2.37. The Labute approximate surface area is 124 Å². The molecule has 0 saturated heterocycles. The maximum Gasteiger partial charge on any atom is 0.130 e. The zero-order valence-electron chi connectivity index (χ0n) is 12.5. The van der Waals surface area contributed by atoms with Crippen LogP contribution in [0, 0.1) is 5.82 Å². The molecule has 1 aliphatic carbocycles. The Balaban J connectivity index is 1.97. The molecule has 2 aromatic rings. The average Bonchev–Trinajstić information content (AvgIpc) is 3.20. The van der Waals surface area contributed by atoms with Crippen LogP contribution >= 0.6 is 0 Å². The topological polar surface area (TPSA) is 28.4 Å². The predicted octanol–water partition coefficient (Wildman–Crippen LogP) is 3.87. The molecule has 21 heavy (non-hydrogen) atoms. The molecule has 3 rings (SSSR count). The zero-order chi connectivity index (χ0) is 14.8. The lowest BCUT2D eigenvalue weighted by molar-refractivity contribution is 0.498. The number of anilines is 1. The molecule has 0 amide bonds. The van der Waals surface area contributed by atoms with Gasteiger partial charge in [0.25, 0.3) is 0 Å². The van der Waals surface area contributed by atoms with E-state index >= 15 is 0 Å². The minimum atomic E-state index is -0.153. The second-order valence-electron chi connectivity index (χ2n) is 5.62. The molecule has 0 aliphatic heterocycles. The molecule has 1 saturated carbocycles. The average molecular weight is 288 g/mol. The molecule has 1 aromatic carbocycles. The molecule has 0 radical (unpaired) electrons. The third-order valence-electron chi connectivity index (χ3n) is 4.10. The first-order valence-electron chi connectivity index (χ1n) is 7.45. The summed E-state index contributed by atoms with van der Waals surface area (Å²) in [5.41, 5.74) is 1.70. The van der Waals surface area contributed by atoms with Gasteiger partial charge in [0.05, 0.1) is 12.8 Å². The fourth-order valence-electron chi connectivity index (χ4n) is 2.72. The summed E-state index contributed by atoms with van der Waals surface area (Å²) in [6, 6.07) is 9.64. The summed E-state index contributed by atoms with van der Waals surface area (Å²) in [7, 11) is 1.86. The van der Waals surface area contributed by atoms with Gasteiger partial charge in [-0.2, -0.15) is 0 Å². The third kappa shape index (κ3) is 2.95. The van der Waals surface area contributed by atoms with Crippen molar-refractivity contribution in [3.8, 4) is 0 Å². The van der Waals surface area contributed by atoms with Crippen LogP contribution in [0.25, 0.3) is 0 Å². The van der Waals surface area contributed by atoms with E-state index in [1.165, 1.54) is 6.07 Å². The van der Waals surface area contributed by atoms with Crippen molar-refractivity contribution in [2.75, 3.05) is 11.9 Å². The van der Waals surface area contributed by atoms with Gasteiger partial charge >= 0.3 is 0 Å². The van der Waals surface area contributed by atoms with Crippen LogP contribution in [0.15, 0.2) is 41.0 Å². The predicted molar refractivity (Wildman–Crippen MR) is 81.8 cm³/mol. The lowest BCUT2D eigenvalue weighted by atomic mass is 10.0. The van der Waals surface area contributed by atoms with E-state index in [2.05, 4.69) is 10.2 Å². The van der Waals surface area contributed by atoms with Crippen LogP contribution in [0.5, 0.6) is 0 Å². The van der Waals surface area contributed by atoms with Crippen molar-refractivity contribution < 1.29 is 8.81 Å². The summed E-state index contributed by atoms with van der Waals surface area (Å²) < 4.78 is 19.8. The number of hydrogen-bond acceptors (Lipinski definition) is 3. The van der Waals surface area contributed by atoms with Crippen LogP contribution in [-0.4, -0.2) is 13.1 Å². The molecule has 1 unspecified atom stereocenters. The van der Waals surface area contributed by atoms with Crippen LogP contribution in [-0.2, 0) is 6.54 Å². The molecule has 1 N–H and O–H groups in total. The molecule has 4 heteroatoms. The Morgan fingerprint density at radius 1 is 1.33 bits per heavy atom. The first-order chi connectivity index (χ1) is 10.2. The van der Waals surface area contributed by atoms with Crippen LogP contribution < -0.4 is 10.2 Å². The molecule has 1 aliphatic rings. The molecule has 112 valence electrons. The van der Waals surface area contributed by atoms with Gasteiger partial charge in [0.2, 0.25) is 0 Å². The summed E-state index contributed by atoms with van der Waals surface area (Å²) in [5.74, 6) is 0.758. The zero-order valence-corrected chi connectivity index (χ0v) is 12.5. The molecule has 0 bridgehead atoms. The van der Waals surface area contributed by atoms with Crippen molar-refractivity contribution in [2.24, 2.45) is 0 Å². The van der Waals surface area contributed by atoms with E-state index in [4.69, 9.17) is 4.42 Å². The molecule has 1 heterocycles. The Morgan fingerprint density at radius 3 is 2.76 bits per heavy atom. The fraction of sp³-hybridized carbons (Fsp3) is 0.412. The van der Waals surface area contributed by atoms with Crippen molar-refractivity contribution in [2.45, 2.75) is 38.4 Å². The van der Waals surface area contributed by atoms with Crippen molar-refractivity contribution in [3.63, 3.8) is 0 Å². The highest BCUT2D eigenvalue weighted by Gasteiger charge is 2.32. The second kappa shape index (κ2) is 5.90. The Kier molecular flexibility index (Phi) is 3.97. The fourth-order valence-corrected chi connectivity index (χ4v) is 2.72. The van der Waals surface area contributed by atoms with E-state index in [1.54, 1.807) is 12.3 Å². The van der Waals surface area contributed by atoms with Crippen LogP contribution in [0.2, 0.25) is 0 Å². The van der Waals surface area contributed by atoms with E-state index in [0.717, 1.165) is 29.9 Å². The largest absolute Gasteiger partial charge is 0.467 e. The van der Waals surface area contributed by atoms with Crippen LogP contribution in [0.3, 0.4) is 0 Å². The summed E-state index contributed by atoms with van der Waals surface area (Å²) in [5, 5.41) is 3.15. The number of rotatable bonds is 6. The van der Waals surface area contributed by atoms with Crippen molar-refractivity contribution in [1.29, 1.82) is 0 Å². The van der Waals surface area contributed by atoms with Gasteiger partial charge in [0.1, 0.15) is 11.6 Å². The van der Waals surface area contributed by atoms with Crippen LogP contribution in [0.4, 0.5) is 10.1 Å². The quantitative estimate of drug-likeness (QED) is 0.874. The normalized spacial score (nSPS) is 16.0. The SMILES string of the molecule is CNC(C)c1c(F)cccc1N(Cc1ccco1)C1CC1. The number of nitrogens with one attached hydrogen (secondary N) is 1. The standard InChI is InChI=1S/C17H21FN2O/c1-12(19-2)17-15(18)6-3-7-16(17)20(13-8-9-13)11-14-5-4-10-21-14/h3-7,10,12-13,19H,8-9,11H2,1-2H3. The van der Waals surface area contributed by atoms with Gasteiger partial charge in [0.15, 0.2) is 0 Å². The molecular formula is C17H21FN2O. The van der Waals surface area contributed by atoms with E-state index in [9.17, 15) is 4.39 Å². The van der Waals surface area contributed by atoms with Gasteiger partial charge in [-0.15, -0.1) is 0 Å². The number of furan rings is 1. The van der Waals surface area contributed by atoms with Crippen molar-refractivity contribution in [3.05, 3.63) is 53.7 Å². The van der Waals surface area contributed by atoms with Crippen molar-refractivity contribution >= 4 is 5.69 Å². The number of halogens is 1. The molecule has 0 spiro atoms. The van der Waals surface area contributed by atoms with Crippen molar-refractivity contribution in [1.82, 2.24) is 5.32 Å². The van der Waals surface area contributed by atoms with E-state index in [1.807, 2.05) is 32.2 Å². The molecule has 1 aromatic heterocycles. The summed E-state index contributed by atoms with van der Waals surface area (Å²) in [6.45, 7) is 2.67. The smallest absolute Gasteiger partial charge is 0.130 e. The van der Waals surface area contributed by atoms with Gasteiger partial charge in [-0.05, 0) is 51.1 Å². The Hall–Kier alpha value is -1.81. The number of benzene rings is 1. The first-order valence-corrected chi connectivity index (χ1v) is 7.45. The first kappa shape index (κ1) is 14.1. The second-order valence-corrected chi connectivity index (χ2v) is 5.62. The highest BCUT2D eigenvalue weighted by molar-refractivity contribution is 5.57. The van der Waals surface area contributed by atoms with E-state index < -0.39 is 0 Å². The third-order valence-corrected chi connectivity index (χ3v) is 4.10. The lowest BCUT2D eigenvalue weighted by Gasteiger charge is -2.28. The molecule has 3 nitrogen and oxygen atoms in total. The summed E-state index contributed by atoms with van der Waals surface area (Å²) in [4.78, 5) is 2.27. The monoisotopic (exact) mass is 288 g/mol. The van der Waals surface area contributed by atoms with Gasteiger partial charge < -0.3 is 14.6 Å². The molecule has 1 fully saturated rings. The van der Waals surface area contributed by atoms with Crippen LogP contribution in [0.1, 0.15) is 37.1 Å². The Morgan fingerprint density at radius 2 is 2.14 bits per heavy atom. The van der Waals surface area contributed by atoms with Gasteiger partial charge in [0, 0.05) is 23.3 Å². The lowest BCUT2D eigenvalue weighted by Crippen LogP contribution is -2.28. The minimum absolute atomic E-state index is 0.0287. The highest BCUT2D eigenvalue weighted by atomic mass is 19.1. The van der Waals surface area contributed by atoms with Gasteiger partial charge in [-0.25, -0.2) is 4.39 Å². The summed E-state index contributed by atoms with van der Waals surface area (Å²) in [6.07, 6.45) is 4.00. The number of hydrogen-bond donors (Lipinski definition) is 1. The maximum absolute atomic E-state index is 14.3. The maximum atomic E-state index is 14.3. The molecule has 1 atom stereocenters. The van der Waals surface area contributed by atoms with Gasteiger partial charge in [-0.1, -0.05) is 6.07 Å². The number of nitrogens with zero attached hydrogens (tertiary/aromatic N) is 1. The van der Waals surface area contributed by atoms with E-state index in [0.29, 0.717) is 12.6 Å². The van der Waals surface area contributed by atoms with Gasteiger partial charge in [-0.3, -0.25) is 0 Å². The summed E-state index contributed by atoms with van der Waals surface area (Å²) >= 11 is 0. The minimum Gasteiger partial charge on any atom is -0.467 e. The molecular weight excluding hydrogens is 267 g/mol. The van der Waals surface area contributed by atoms with E-state index in [-0.39, 0.29) is 11.9 Å². The Bertz CT molecular complexity index is 593.